The maximum atomic E-state index is 11.9. The Balaban J connectivity index is 1.32. The molecule has 5 nitrogen and oxygen atoms in total. The van der Waals surface area contributed by atoms with Gasteiger partial charge in [-0.15, -0.1) is 0 Å². The molecule has 0 fully saturated rings. The van der Waals surface area contributed by atoms with Crippen LogP contribution in [0.3, 0.4) is 0 Å². The van der Waals surface area contributed by atoms with Gasteiger partial charge in [0.15, 0.2) is 0 Å². The quantitative estimate of drug-likeness (QED) is 0.614. The smallest absolute Gasteiger partial charge is 0.251 e. The van der Waals surface area contributed by atoms with Crippen LogP contribution in [0.2, 0.25) is 0 Å². The maximum Gasteiger partial charge on any atom is 0.251 e. The van der Waals surface area contributed by atoms with E-state index in [2.05, 4.69) is 39.6 Å². The average Bonchev–Trinajstić information content (AvgIpc) is 3.09. The van der Waals surface area contributed by atoms with E-state index in [0.29, 0.717) is 18.7 Å². The lowest BCUT2D eigenvalue weighted by Gasteiger charge is -2.08. The SMILES string of the molecule is O=C(CCNC(=O)c1ccccc1)NCCCn1ccc2ccccc21. The van der Waals surface area contributed by atoms with E-state index in [-0.39, 0.29) is 18.2 Å². The van der Waals surface area contributed by atoms with Gasteiger partial charge in [0.05, 0.1) is 0 Å². The number of carbonyl (C=O) groups is 2. The Labute approximate surface area is 153 Å². The molecule has 0 atom stereocenters. The average molecular weight is 349 g/mol. The number of aryl methyl sites for hydroxylation is 1. The molecule has 0 unspecified atom stereocenters. The molecular weight excluding hydrogens is 326 g/mol. The molecular formula is C21H23N3O2. The monoisotopic (exact) mass is 349 g/mol. The second-order valence-corrected chi connectivity index (χ2v) is 6.14. The molecule has 0 radical (unpaired) electrons. The minimum atomic E-state index is -0.155. The number of rotatable bonds is 8. The Hall–Kier alpha value is -3.08. The van der Waals surface area contributed by atoms with Crippen molar-refractivity contribution in [2.75, 3.05) is 13.1 Å². The lowest BCUT2D eigenvalue weighted by Crippen LogP contribution is -2.31. The standard InChI is InChI=1S/C21H23N3O2/c25-20(11-14-23-21(26)18-8-2-1-3-9-18)22-13-6-15-24-16-12-17-7-4-5-10-19(17)24/h1-5,7-10,12,16H,6,11,13-15H2,(H,22,25)(H,23,26). The molecule has 1 aromatic heterocycles. The van der Waals surface area contributed by atoms with Crippen LogP contribution in [0, 0.1) is 0 Å². The van der Waals surface area contributed by atoms with Crippen molar-refractivity contribution < 1.29 is 9.59 Å². The van der Waals surface area contributed by atoms with Gasteiger partial charge in [0.1, 0.15) is 0 Å². The zero-order valence-corrected chi connectivity index (χ0v) is 14.7. The molecule has 1 heterocycles. The van der Waals surface area contributed by atoms with Crippen LogP contribution < -0.4 is 10.6 Å². The number of para-hydroxylation sites is 1. The summed E-state index contributed by atoms with van der Waals surface area (Å²) in [4.78, 5) is 23.7. The van der Waals surface area contributed by atoms with Crippen LogP contribution in [0.5, 0.6) is 0 Å². The third-order valence-electron chi connectivity index (χ3n) is 4.25. The van der Waals surface area contributed by atoms with Gasteiger partial charge >= 0.3 is 0 Å². The fourth-order valence-corrected chi connectivity index (χ4v) is 2.88. The summed E-state index contributed by atoms with van der Waals surface area (Å²) in [5.74, 6) is -0.200. The van der Waals surface area contributed by atoms with Crippen LogP contribution in [0.4, 0.5) is 0 Å². The van der Waals surface area contributed by atoms with Gasteiger partial charge in [-0.1, -0.05) is 36.4 Å². The van der Waals surface area contributed by atoms with E-state index < -0.39 is 0 Å². The zero-order chi connectivity index (χ0) is 18.2. The third kappa shape index (κ3) is 4.72. The first kappa shape index (κ1) is 17.7. The van der Waals surface area contributed by atoms with Crippen molar-refractivity contribution in [3.63, 3.8) is 0 Å². The number of nitrogens with zero attached hydrogens (tertiary/aromatic N) is 1. The van der Waals surface area contributed by atoms with Crippen molar-refractivity contribution in [2.24, 2.45) is 0 Å². The van der Waals surface area contributed by atoms with Crippen LogP contribution in [-0.4, -0.2) is 29.5 Å². The van der Waals surface area contributed by atoms with E-state index in [4.69, 9.17) is 0 Å². The molecule has 26 heavy (non-hydrogen) atoms. The van der Waals surface area contributed by atoms with E-state index in [1.165, 1.54) is 10.9 Å². The predicted molar refractivity (Wildman–Crippen MR) is 103 cm³/mol. The summed E-state index contributed by atoms with van der Waals surface area (Å²) in [5.41, 5.74) is 1.81. The van der Waals surface area contributed by atoms with Crippen molar-refractivity contribution in [3.05, 3.63) is 72.4 Å². The van der Waals surface area contributed by atoms with Crippen LogP contribution in [0.1, 0.15) is 23.2 Å². The summed E-state index contributed by atoms with van der Waals surface area (Å²) in [6, 6.07) is 19.4. The summed E-state index contributed by atoms with van der Waals surface area (Å²) in [7, 11) is 0. The van der Waals surface area contributed by atoms with Crippen molar-refractivity contribution >= 4 is 22.7 Å². The predicted octanol–water partition coefficient (Wildman–Crippen LogP) is 2.97. The Morgan fingerprint density at radius 3 is 2.46 bits per heavy atom. The minimum absolute atomic E-state index is 0.0456. The largest absolute Gasteiger partial charge is 0.356 e. The molecule has 0 saturated heterocycles. The molecule has 0 spiro atoms. The molecule has 0 aliphatic heterocycles. The first-order valence-corrected chi connectivity index (χ1v) is 8.88. The highest BCUT2D eigenvalue weighted by Gasteiger charge is 2.06. The number of aromatic nitrogens is 1. The molecule has 2 N–H and O–H groups in total. The van der Waals surface area contributed by atoms with E-state index in [9.17, 15) is 9.59 Å². The number of benzene rings is 2. The minimum Gasteiger partial charge on any atom is -0.356 e. The highest BCUT2D eigenvalue weighted by Crippen LogP contribution is 2.15. The molecule has 3 rings (SSSR count). The first-order chi connectivity index (χ1) is 12.7. The topological polar surface area (TPSA) is 63.1 Å². The van der Waals surface area contributed by atoms with Crippen molar-refractivity contribution in [1.29, 1.82) is 0 Å². The lowest BCUT2D eigenvalue weighted by molar-refractivity contribution is -0.120. The Morgan fingerprint density at radius 2 is 1.62 bits per heavy atom. The normalized spacial score (nSPS) is 10.6. The van der Waals surface area contributed by atoms with E-state index in [1.54, 1.807) is 12.1 Å². The van der Waals surface area contributed by atoms with Gasteiger partial charge in [-0.2, -0.15) is 0 Å². The van der Waals surface area contributed by atoms with Gasteiger partial charge in [0, 0.05) is 43.3 Å². The Morgan fingerprint density at radius 1 is 0.846 bits per heavy atom. The van der Waals surface area contributed by atoms with E-state index in [1.807, 2.05) is 30.3 Å². The molecule has 2 aromatic carbocycles. The van der Waals surface area contributed by atoms with Crippen molar-refractivity contribution in [2.45, 2.75) is 19.4 Å². The zero-order valence-electron chi connectivity index (χ0n) is 14.7. The Bertz CT molecular complexity index is 871. The maximum absolute atomic E-state index is 11.9. The van der Waals surface area contributed by atoms with Gasteiger partial charge in [0.2, 0.25) is 5.91 Å². The van der Waals surface area contributed by atoms with Crippen molar-refractivity contribution in [1.82, 2.24) is 15.2 Å². The first-order valence-electron chi connectivity index (χ1n) is 8.88. The number of fused-ring (bicyclic) bond motifs is 1. The molecule has 5 heteroatoms. The molecule has 2 amide bonds. The molecule has 0 bridgehead atoms. The van der Waals surface area contributed by atoms with Crippen LogP contribution in [-0.2, 0) is 11.3 Å². The van der Waals surface area contributed by atoms with Crippen LogP contribution >= 0.6 is 0 Å². The third-order valence-corrected chi connectivity index (χ3v) is 4.25. The number of hydrogen-bond acceptors (Lipinski definition) is 2. The lowest BCUT2D eigenvalue weighted by atomic mass is 10.2. The van der Waals surface area contributed by atoms with Gasteiger partial charge in [-0.05, 0) is 36.1 Å². The van der Waals surface area contributed by atoms with E-state index >= 15 is 0 Å². The number of nitrogens with one attached hydrogen (secondary N) is 2. The van der Waals surface area contributed by atoms with Gasteiger partial charge in [0.25, 0.3) is 5.91 Å². The summed E-state index contributed by atoms with van der Waals surface area (Å²) in [5, 5.41) is 6.89. The molecule has 134 valence electrons. The number of carbonyl (C=O) groups excluding carboxylic acids is 2. The van der Waals surface area contributed by atoms with Gasteiger partial charge in [-0.3, -0.25) is 9.59 Å². The molecule has 0 aliphatic carbocycles. The van der Waals surface area contributed by atoms with E-state index in [0.717, 1.165) is 13.0 Å². The van der Waals surface area contributed by atoms with Crippen LogP contribution in [0.25, 0.3) is 10.9 Å². The second kappa shape index (κ2) is 8.85. The second-order valence-electron chi connectivity index (χ2n) is 6.14. The fraction of sp³-hybridized carbons (Fsp3) is 0.238. The molecule has 3 aromatic rings. The summed E-state index contributed by atoms with van der Waals surface area (Å²) in [6.07, 6.45) is 3.22. The number of hydrogen-bond donors (Lipinski definition) is 2. The fourth-order valence-electron chi connectivity index (χ4n) is 2.88. The highest BCUT2D eigenvalue weighted by molar-refractivity contribution is 5.94. The molecule has 0 aliphatic rings. The highest BCUT2D eigenvalue weighted by atomic mass is 16.2. The Kier molecular flexibility index (Phi) is 6.04. The molecule has 0 saturated carbocycles. The summed E-state index contributed by atoms with van der Waals surface area (Å²) >= 11 is 0. The van der Waals surface area contributed by atoms with Gasteiger partial charge in [-0.25, -0.2) is 0 Å². The summed E-state index contributed by atoms with van der Waals surface area (Å²) in [6.45, 7) is 1.82. The van der Waals surface area contributed by atoms with Crippen molar-refractivity contribution in [3.8, 4) is 0 Å². The van der Waals surface area contributed by atoms with Crippen LogP contribution in [0.15, 0.2) is 66.9 Å². The number of amides is 2. The van der Waals surface area contributed by atoms with Gasteiger partial charge < -0.3 is 15.2 Å². The summed E-state index contributed by atoms with van der Waals surface area (Å²) < 4.78 is 2.20.